The third-order valence-corrected chi connectivity index (χ3v) is 11.3. The molecule has 51 heavy (non-hydrogen) atoms. The number of hydrazine groups is 1. The number of allylic oxidation sites excluding steroid dienone is 2. The van der Waals surface area contributed by atoms with Crippen LogP contribution in [0.5, 0.6) is 11.5 Å². The standard InChI is InChI=1S/C42H37N3O6/c1-4-25-12-16-28(17-13-25)44-38(47)32-21-20-30-33(36(32)40(44)49)23-34-39(48)45(43-27-14-10-24(2)11-15-27)41(50)42(34,26-8-6-5-7-9-26)37(30)31-19-18-29(51-3)22-35(31)46/h4-20,22,32-34,36-37,43,46H,1,21,23H2,2-3H3/t32-,33+,34-,36-,37+,42+/m0/s1. The number of methoxy groups -OCH3 is 1. The van der Waals surface area contributed by atoms with Gasteiger partial charge in [0.05, 0.1) is 41.7 Å². The van der Waals surface area contributed by atoms with Gasteiger partial charge in [-0.25, -0.2) is 0 Å². The van der Waals surface area contributed by atoms with Gasteiger partial charge >= 0.3 is 0 Å². The zero-order valence-corrected chi connectivity index (χ0v) is 28.3. The Morgan fingerprint density at radius 2 is 1.61 bits per heavy atom. The van der Waals surface area contributed by atoms with Crippen LogP contribution in [0.3, 0.4) is 0 Å². The second kappa shape index (κ2) is 12.1. The van der Waals surface area contributed by atoms with Crippen LogP contribution in [0.4, 0.5) is 11.4 Å². The first-order valence-corrected chi connectivity index (χ1v) is 17.1. The Balaban J connectivity index is 1.31. The highest BCUT2D eigenvalue weighted by atomic mass is 16.5. The lowest BCUT2D eigenvalue weighted by molar-refractivity contribution is -0.138. The van der Waals surface area contributed by atoms with Crippen molar-refractivity contribution in [3.05, 3.63) is 138 Å². The number of ether oxygens (including phenoxy) is 1. The predicted molar refractivity (Wildman–Crippen MR) is 192 cm³/mol. The number of hydrogen-bond donors (Lipinski definition) is 2. The molecule has 0 bridgehead atoms. The van der Waals surface area contributed by atoms with E-state index in [1.165, 1.54) is 18.1 Å². The molecule has 2 N–H and O–H groups in total. The largest absolute Gasteiger partial charge is 0.508 e. The lowest BCUT2D eigenvalue weighted by Crippen LogP contribution is -2.53. The van der Waals surface area contributed by atoms with Gasteiger partial charge in [0.15, 0.2) is 0 Å². The van der Waals surface area contributed by atoms with Crippen LogP contribution in [-0.4, -0.2) is 40.9 Å². The van der Waals surface area contributed by atoms with Crippen molar-refractivity contribution in [3.8, 4) is 11.5 Å². The number of nitrogens with zero attached hydrogens (tertiary/aromatic N) is 2. The van der Waals surface area contributed by atoms with E-state index in [0.717, 1.165) is 21.7 Å². The first kappa shape index (κ1) is 32.3. The minimum absolute atomic E-state index is 0.0972. The summed E-state index contributed by atoms with van der Waals surface area (Å²) in [6, 6.07) is 28.7. The summed E-state index contributed by atoms with van der Waals surface area (Å²) in [6.07, 6.45) is 4.11. The van der Waals surface area contributed by atoms with E-state index in [2.05, 4.69) is 12.0 Å². The van der Waals surface area contributed by atoms with Crippen molar-refractivity contribution < 1.29 is 29.0 Å². The smallest absolute Gasteiger partial charge is 0.260 e. The number of phenols is 1. The van der Waals surface area contributed by atoms with E-state index in [9.17, 15) is 19.5 Å². The molecular formula is C42H37N3O6. The number of anilines is 2. The second-order valence-electron chi connectivity index (χ2n) is 13.8. The van der Waals surface area contributed by atoms with E-state index >= 15 is 4.79 Å². The first-order valence-electron chi connectivity index (χ1n) is 17.1. The highest BCUT2D eigenvalue weighted by molar-refractivity contribution is 6.22. The molecule has 9 nitrogen and oxygen atoms in total. The lowest BCUT2D eigenvalue weighted by atomic mass is 9.49. The van der Waals surface area contributed by atoms with Crippen LogP contribution >= 0.6 is 0 Å². The molecule has 2 heterocycles. The summed E-state index contributed by atoms with van der Waals surface area (Å²) in [5.41, 5.74) is 6.37. The van der Waals surface area contributed by atoms with Gasteiger partial charge in [0.25, 0.3) is 11.8 Å². The molecule has 2 aliphatic heterocycles. The van der Waals surface area contributed by atoms with Gasteiger partial charge in [-0.2, -0.15) is 5.01 Å². The molecule has 2 aliphatic carbocycles. The Bertz CT molecular complexity index is 2130. The van der Waals surface area contributed by atoms with Gasteiger partial charge < -0.3 is 9.84 Å². The number of hydrogen-bond acceptors (Lipinski definition) is 7. The number of aromatic hydroxyl groups is 1. The van der Waals surface area contributed by atoms with E-state index in [1.54, 1.807) is 30.3 Å². The van der Waals surface area contributed by atoms with Crippen LogP contribution in [0.25, 0.3) is 6.08 Å². The molecule has 3 fully saturated rings. The number of rotatable bonds is 7. The summed E-state index contributed by atoms with van der Waals surface area (Å²) < 4.78 is 5.41. The highest BCUT2D eigenvalue weighted by Crippen LogP contribution is 2.65. The van der Waals surface area contributed by atoms with Gasteiger partial charge in [-0.3, -0.25) is 29.5 Å². The van der Waals surface area contributed by atoms with Crippen molar-refractivity contribution in [2.45, 2.75) is 31.1 Å². The molecule has 4 aromatic carbocycles. The van der Waals surface area contributed by atoms with E-state index in [-0.39, 0.29) is 30.4 Å². The number of fused-ring (bicyclic) bond motifs is 4. The Hall–Kier alpha value is -5.96. The van der Waals surface area contributed by atoms with Crippen LogP contribution in [0.2, 0.25) is 0 Å². The maximum Gasteiger partial charge on any atom is 0.260 e. The van der Waals surface area contributed by atoms with Gasteiger partial charge in [0.1, 0.15) is 11.5 Å². The third-order valence-electron chi connectivity index (χ3n) is 11.3. The maximum atomic E-state index is 15.2. The fraction of sp³-hybridized carbons (Fsp3) is 0.238. The normalized spacial score (nSPS) is 26.7. The van der Waals surface area contributed by atoms with Crippen molar-refractivity contribution in [2.75, 3.05) is 17.4 Å². The summed E-state index contributed by atoms with van der Waals surface area (Å²) in [5, 5.41) is 12.8. The summed E-state index contributed by atoms with van der Waals surface area (Å²) >= 11 is 0. The van der Waals surface area contributed by atoms with Crippen molar-refractivity contribution >= 4 is 41.1 Å². The number of phenolic OH excluding ortho intramolecular Hbond substituents is 1. The van der Waals surface area contributed by atoms with Crippen LogP contribution in [0.15, 0.2) is 115 Å². The fourth-order valence-corrected chi connectivity index (χ4v) is 9.00. The number of amides is 4. The summed E-state index contributed by atoms with van der Waals surface area (Å²) in [6.45, 7) is 5.75. The van der Waals surface area contributed by atoms with Crippen LogP contribution < -0.4 is 15.1 Å². The zero-order chi connectivity index (χ0) is 35.6. The average Bonchev–Trinajstić information content (AvgIpc) is 3.53. The summed E-state index contributed by atoms with van der Waals surface area (Å²) in [5.74, 6) is -4.89. The third kappa shape index (κ3) is 4.75. The van der Waals surface area contributed by atoms with Crippen molar-refractivity contribution in [1.82, 2.24) is 5.01 Å². The van der Waals surface area contributed by atoms with Crippen LogP contribution in [0.1, 0.15) is 41.0 Å². The van der Waals surface area contributed by atoms with Crippen LogP contribution in [0, 0.1) is 30.6 Å². The number of benzene rings is 4. The lowest BCUT2D eigenvalue weighted by Gasteiger charge is -2.50. The number of nitrogens with one attached hydrogen (secondary N) is 1. The summed E-state index contributed by atoms with van der Waals surface area (Å²) in [7, 11) is 1.50. The van der Waals surface area contributed by atoms with Crippen molar-refractivity contribution in [3.63, 3.8) is 0 Å². The van der Waals surface area contributed by atoms with E-state index < -0.39 is 46.8 Å². The molecule has 1 saturated carbocycles. The van der Waals surface area contributed by atoms with Gasteiger partial charge in [0.2, 0.25) is 11.8 Å². The molecule has 4 aromatic rings. The van der Waals surface area contributed by atoms with Crippen molar-refractivity contribution in [2.24, 2.45) is 23.7 Å². The average molecular weight is 680 g/mol. The molecule has 0 spiro atoms. The van der Waals surface area contributed by atoms with E-state index in [1.807, 2.05) is 79.7 Å². The molecule has 0 radical (unpaired) electrons. The molecular weight excluding hydrogens is 642 g/mol. The predicted octanol–water partition coefficient (Wildman–Crippen LogP) is 6.54. The quantitative estimate of drug-likeness (QED) is 0.168. The topological polar surface area (TPSA) is 116 Å². The Morgan fingerprint density at radius 1 is 0.882 bits per heavy atom. The number of carbonyl (C=O) groups is 4. The number of imide groups is 2. The van der Waals surface area contributed by atoms with Crippen LogP contribution in [-0.2, 0) is 24.6 Å². The molecule has 9 heteroatoms. The molecule has 4 amide bonds. The molecule has 0 unspecified atom stereocenters. The monoisotopic (exact) mass is 679 g/mol. The van der Waals surface area contributed by atoms with E-state index in [4.69, 9.17) is 4.74 Å². The Labute approximate surface area is 295 Å². The molecule has 4 aliphatic rings. The second-order valence-corrected chi connectivity index (χ2v) is 13.8. The SMILES string of the molecule is C=Cc1ccc(N2C(=O)[C@H]3[C@H](CC=C4[C@H]3C[C@H]3C(=O)N(Nc5ccc(C)cc5)C(=O)[C@@]3(c3ccccc3)[C@H]4c3ccc(OC)cc3O)C2=O)cc1. The zero-order valence-electron chi connectivity index (χ0n) is 28.3. The fourth-order valence-electron chi connectivity index (χ4n) is 9.00. The van der Waals surface area contributed by atoms with Crippen molar-refractivity contribution in [1.29, 1.82) is 0 Å². The molecule has 0 aromatic heterocycles. The summed E-state index contributed by atoms with van der Waals surface area (Å²) in [4.78, 5) is 59.8. The first-order chi connectivity index (χ1) is 24.7. The molecule has 256 valence electrons. The Morgan fingerprint density at radius 3 is 2.27 bits per heavy atom. The molecule has 6 atom stereocenters. The maximum absolute atomic E-state index is 15.2. The van der Waals surface area contributed by atoms with Gasteiger partial charge in [-0.15, -0.1) is 0 Å². The molecule has 8 rings (SSSR count). The minimum atomic E-state index is -1.48. The number of carbonyl (C=O) groups excluding carboxylic acids is 4. The van der Waals surface area contributed by atoms with Gasteiger partial charge in [0, 0.05) is 17.5 Å². The highest BCUT2D eigenvalue weighted by Gasteiger charge is 2.70. The molecule has 2 saturated heterocycles. The minimum Gasteiger partial charge on any atom is -0.508 e. The van der Waals surface area contributed by atoms with Gasteiger partial charge in [-0.1, -0.05) is 90.5 Å². The number of aryl methyl sites for hydroxylation is 1. The van der Waals surface area contributed by atoms with Gasteiger partial charge in [-0.05, 0) is 67.1 Å². The van der Waals surface area contributed by atoms with E-state index in [0.29, 0.717) is 28.3 Å². The Kier molecular flexibility index (Phi) is 7.67.